The minimum atomic E-state index is -1.89. The van der Waals surface area contributed by atoms with E-state index < -0.39 is 45.2 Å². The molecule has 38 heavy (non-hydrogen) atoms. The lowest BCUT2D eigenvalue weighted by Gasteiger charge is -2.50. The van der Waals surface area contributed by atoms with Crippen molar-refractivity contribution in [1.29, 1.82) is 0 Å². The van der Waals surface area contributed by atoms with Gasteiger partial charge < -0.3 is 5.11 Å². The monoisotopic (exact) mass is 680 g/mol. The normalized spacial score (nSPS) is 34.3. The summed E-state index contributed by atoms with van der Waals surface area (Å²) in [5.41, 5.74) is 1.55. The summed E-state index contributed by atoms with van der Waals surface area (Å²) < 4.78 is 0.811. The number of hydrogen-bond acceptors (Lipinski definition) is 5. The van der Waals surface area contributed by atoms with Crippen molar-refractivity contribution in [2.24, 2.45) is 17.8 Å². The smallest absolute Gasteiger partial charge is 0.254 e. The molecule has 6 rings (SSSR count). The number of hydrogen-bond donors (Lipinski definition) is 1. The van der Waals surface area contributed by atoms with E-state index in [1.54, 1.807) is 36.4 Å². The summed E-state index contributed by atoms with van der Waals surface area (Å²) in [6, 6.07) is 13.2. The van der Waals surface area contributed by atoms with Crippen molar-refractivity contribution in [3.8, 4) is 5.75 Å². The fourth-order valence-corrected chi connectivity index (χ4v) is 8.37. The highest BCUT2D eigenvalue weighted by Crippen LogP contribution is 2.65. The molecule has 2 aromatic carbocycles. The number of allylic oxidation sites excluding steroid dienone is 2. The van der Waals surface area contributed by atoms with Crippen molar-refractivity contribution in [2.75, 3.05) is 10.4 Å². The van der Waals surface area contributed by atoms with Crippen molar-refractivity contribution in [3.63, 3.8) is 0 Å². The number of benzene rings is 2. The van der Waals surface area contributed by atoms with Gasteiger partial charge in [-0.2, -0.15) is 0 Å². The maximum absolute atomic E-state index is 13.9. The topological polar surface area (TPSA) is 95.0 Å². The van der Waals surface area contributed by atoms with Gasteiger partial charge in [0.1, 0.15) is 5.75 Å². The molecule has 1 N–H and O–H groups in total. The maximum atomic E-state index is 13.9. The van der Waals surface area contributed by atoms with E-state index in [0.717, 1.165) is 9.37 Å². The molecule has 2 saturated heterocycles. The van der Waals surface area contributed by atoms with E-state index in [1.807, 2.05) is 6.08 Å². The van der Waals surface area contributed by atoms with Crippen LogP contribution in [0.15, 0.2) is 64.7 Å². The molecule has 2 aliphatic carbocycles. The quantitative estimate of drug-likeness (QED) is 0.211. The van der Waals surface area contributed by atoms with Crippen LogP contribution < -0.4 is 4.90 Å². The first-order valence-corrected chi connectivity index (χ1v) is 14.6. The summed E-state index contributed by atoms with van der Waals surface area (Å²) in [6.07, 6.45) is 2.06. The first kappa shape index (κ1) is 26.0. The Morgan fingerprint density at radius 3 is 2.34 bits per heavy atom. The van der Waals surface area contributed by atoms with Crippen molar-refractivity contribution in [2.45, 2.75) is 28.5 Å². The molecule has 4 aliphatic rings. The number of alkyl halides is 3. The number of carbonyl (C=O) groups excluding carboxylic acids is 4. The molecule has 2 heterocycles. The van der Waals surface area contributed by atoms with Crippen LogP contribution in [0.25, 0.3) is 0 Å². The Balaban J connectivity index is 1.51. The second kappa shape index (κ2) is 8.91. The van der Waals surface area contributed by atoms with Crippen LogP contribution in [0.4, 0.5) is 5.69 Å². The lowest BCUT2D eigenvalue weighted by atomic mass is 9.56. The fraction of sp³-hybridized carbons (Fsp3) is 0.333. The molecule has 11 heteroatoms. The predicted molar refractivity (Wildman–Crippen MR) is 148 cm³/mol. The van der Waals surface area contributed by atoms with Gasteiger partial charge in [-0.25, -0.2) is 0 Å². The Hall–Kier alpha value is -2.20. The average Bonchev–Trinajstić information content (AvgIpc) is 3.22. The molecule has 0 bridgehead atoms. The number of likely N-dealkylation sites (tertiary alicyclic amines) is 1. The van der Waals surface area contributed by atoms with Crippen LogP contribution in [-0.2, 0) is 19.2 Å². The number of fused-ring (bicyclic) bond motifs is 4. The van der Waals surface area contributed by atoms with Crippen LogP contribution in [0.1, 0.15) is 24.3 Å². The van der Waals surface area contributed by atoms with E-state index >= 15 is 0 Å². The zero-order valence-corrected chi connectivity index (χ0v) is 24.3. The first-order valence-electron chi connectivity index (χ1n) is 12.0. The van der Waals surface area contributed by atoms with Crippen molar-refractivity contribution in [3.05, 3.63) is 70.2 Å². The van der Waals surface area contributed by atoms with E-state index in [1.165, 1.54) is 17.0 Å². The number of amides is 4. The van der Waals surface area contributed by atoms with Gasteiger partial charge >= 0.3 is 0 Å². The number of imide groups is 2. The Morgan fingerprint density at radius 2 is 1.68 bits per heavy atom. The minimum absolute atomic E-state index is 0.0398. The SMILES string of the molecule is O=C1C2CC=C3C(CC4(Cl)C(=O)N(CBr)C(=O)C4(Cl)C3c3cccc(O)c3)C2C(=O)N1c1ccc(Br)cc1. The average molecular weight is 683 g/mol. The van der Waals surface area contributed by atoms with Gasteiger partial charge in [0.05, 0.1) is 23.0 Å². The van der Waals surface area contributed by atoms with Crippen LogP contribution in [0.5, 0.6) is 5.75 Å². The number of anilines is 1. The number of rotatable bonds is 3. The lowest BCUT2D eigenvalue weighted by molar-refractivity contribution is -0.138. The third-order valence-corrected chi connectivity index (χ3v) is 10.7. The summed E-state index contributed by atoms with van der Waals surface area (Å²) in [6.45, 7) is 0. The van der Waals surface area contributed by atoms with Crippen LogP contribution in [0, 0.1) is 17.8 Å². The van der Waals surface area contributed by atoms with Gasteiger partial charge in [-0.3, -0.25) is 29.0 Å². The molecule has 4 amide bonds. The Labute approximate surface area is 245 Å². The number of phenolic OH excluding ortho intramolecular Hbond substituents is 1. The Bertz CT molecular complexity index is 1450. The van der Waals surface area contributed by atoms with Gasteiger partial charge in [-0.15, -0.1) is 23.2 Å². The van der Waals surface area contributed by atoms with Crippen LogP contribution in [-0.4, -0.2) is 48.8 Å². The highest BCUT2D eigenvalue weighted by atomic mass is 79.9. The van der Waals surface area contributed by atoms with Gasteiger partial charge in [0.25, 0.3) is 11.8 Å². The summed E-state index contributed by atoms with van der Waals surface area (Å²) in [7, 11) is 0. The molecule has 2 aromatic rings. The molecule has 0 radical (unpaired) electrons. The lowest BCUT2D eigenvalue weighted by Crippen LogP contribution is -2.60. The Kier molecular flexibility index (Phi) is 6.11. The summed E-state index contributed by atoms with van der Waals surface area (Å²) in [5.74, 6) is -4.94. The molecule has 6 atom stereocenters. The van der Waals surface area contributed by atoms with E-state index in [0.29, 0.717) is 16.8 Å². The molecular weight excluding hydrogens is 663 g/mol. The molecule has 196 valence electrons. The third-order valence-electron chi connectivity index (χ3n) is 8.30. The molecule has 6 unspecified atom stereocenters. The van der Waals surface area contributed by atoms with E-state index in [2.05, 4.69) is 31.9 Å². The number of nitrogens with zero attached hydrogens (tertiary/aromatic N) is 2. The second-order valence-electron chi connectivity index (χ2n) is 10.1. The predicted octanol–water partition coefficient (Wildman–Crippen LogP) is 5.07. The number of aromatic hydroxyl groups is 1. The molecule has 0 aromatic heterocycles. The van der Waals surface area contributed by atoms with Crippen molar-refractivity contribution >= 4 is 84.4 Å². The maximum Gasteiger partial charge on any atom is 0.254 e. The van der Waals surface area contributed by atoms with Gasteiger partial charge in [0.15, 0.2) is 9.75 Å². The zero-order chi connectivity index (χ0) is 27.1. The van der Waals surface area contributed by atoms with E-state index in [9.17, 15) is 24.3 Å². The van der Waals surface area contributed by atoms with E-state index in [-0.39, 0.29) is 35.9 Å². The number of halogens is 4. The summed E-state index contributed by atoms with van der Waals surface area (Å²) >= 11 is 20.9. The van der Waals surface area contributed by atoms with Crippen molar-refractivity contribution in [1.82, 2.24) is 4.90 Å². The fourth-order valence-electron chi connectivity index (χ4n) is 6.68. The standard InChI is InChI=1S/C27H20Br2Cl2N2O5/c28-12-32-24(37)26(30)11-19-17(21(27(26,31)25(32)38)13-2-1-3-16(34)10-13)8-9-18-20(19)23(36)33(22(18)35)15-6-4-14(29)5-7-15/h1-8,10,18-21,34H,9,11-12H2. The van der Waals surface area contributed by atoms with Gasteiger partial charge in [-0.05, 0) is 60.7 Å². The molecule has 7 nitrogen and oxygen atoms in total. The second-order valence-corrected chi connectivity index (χ2v) is 12.7. The van der Waals surface area contributed by atoms with E-state index in [4.69, 9.17) is 23.2 Å². The zero-order valence-electron chi connectivity index (χ0n) is 19.6. The molecule has 2 aliphatic heterocycles. The third kappa shape index (κ3) is 3.31. The van der Waals surface area contributed by atoms with Crippen LogP contribution in [0.3, 0.4) is 0 Å². The van der Waals surface area contributed by atoms with Gasteiger partial charge in [0.2, 0.25) is 11.8 Å². The summed E-state index contributed by atoms with van der Waals surface area (Å²) in [4.78, 5) is 53.2. The minimum Gasteiger partial charge on any atom is -0.508 e. The van der Waals surface area contributed by atoms with Gasteiger partial charge in [-0.1, -0.05) is 55.6 Å². The highest BCUT2D eigenvalue weighted by molar-refractivity contribution is 9.10. The molecule has 0 spiro atoms. The van der Waals surface area contributed by atoms with Gasteiger partial charge in [0, 0.05) is 10.4 Å². The van der Waals surface area contributed by atoms with Crippen LogP contribution >= 0.6 is 55.1 Å². The largest absolute Gasteiger partial charge is 0.508 e. The first-order chi connectivity index (χ1) is 18.0. The molecule has 3 fully saturated rings. The Morgan fingerprint density at radius 1 is 0.974 bits per heavy atom. The number of carbonyl (C=O) groups is 4. The molecular formula is C27H20Br2Cl2N2O5. The number of phenols is 1. The molecule has 1 saturated carbocycles. The summed E-state index contributed by atoms with van der Waals surface area (Å²) in [5, 5.41) is 10.3. The van der Waals surface area contributed by atoms with Crippen molar-refractivity contribution < 1.29 is 24.3 Å². The van der Waals surface area contributed by atoms with Crippen LogP contribution in [0.2, 0.25) is 0 Å². The highest BCUT2D eigenvalue weighted by Gasteiger charge is 2.76.